The zero-order valence-corrected chi connectivity index (χ0v) is 11.3. The highest BCUT2D eigenvalue weighted by atomic mass is 127. The highest BCUT2D eigenvalue weighted by molar-refractivity contribution is 14.1. The first-order valence-electron chi connectivity index (χ1n) is 5.08. The molecule has 2 N–H and O–H groups in total. The number of nitrogens with one attached hydrogen (secondary N) is 2. The minimum Gasteiger partial charge on any atom is -0.342 e. The zero-order valence-electron chi connectivity index (χ0n) is 9.14. The summed E-state index contributed by atoms with van der Waals surface area (Å²) in [4.78, 5) is 15.9. The number of aromatic nitrogens is 3. The summed E-state index contributed by atoms with van der Waals surface area (Å²) >= 11 is 2.20. The average molecular weight is 342 g/mol. The van der Waals surface area contributed by atoms with Gasteiger partial charge in [-0.3, -0.25) is 9.89 Å². The van der Waals surface area contributed by atoms with Crippen LogP contribution >= 0.6 is 22.6 Å². The van der Waals surface area contributed by atoms with Crippen LogP contribution in [0.3, 0.4) is 0 Å². The fourth-order valence-corrected chi connectivity index (χ4v) is 1.73. The van der Waals surface area contributed by atoms with Gasteiger partial charge in [0.25, 0.3) is 5.91 Å². The number of rotatable bonds is 3. The molecule has 1 aromatic heterocycles. The second kappa shape index (κ2) is 5.26. The van der Waals surface area contributed by atoms with Gasteiger partial charge in [-0.1, -0.05) is 0 Å². The topological polar surface area (TPSA) is 70.7 Å². The Labute approximate surface area is 112 Å². The van der Waals surface area contributed by atoms with Crippen molar-refractivity contribution in [2.75, 3.05) is 0 Å². The van der Waals surface area contributed by atoms with Crippen molar-refractivity contribution in [3.8, 4) is 0 Å². The smallest absolute Gasteiger partial charge is 0.251 e. The Kier molecular flexibility index (Phi) is 3.72. The predicted molar refractivity (Wildman–Crippen MR) is 71.4 cm³/mol. The molecule has 2 aromatic rings. The average Bonchev–Trinajstić information content (AvgIpc) is 2.83. The van der Waals surface area contributed by atoms with Gasteiger partial charge in [0.05, 0.1) is 6.04 Å². The van der Waals surface area contributed by atoms with Gasteiger partial charge in [-0.15, -0.1) is 0 Å². The SMILES string of the molecule is CC(NC(=O)c1ccc(I)cc1)c1ncn[nH]1. The number of aromatic amines is 1. The van der Waals surface area contributed by atoms with Crippen molar-refractivity contribution in [1.29, 1.82) is 0 Å². The van der Waals surface area contributed by atoms with Gasteiger partial charge in [0.15, 0.2) is 0 Å². The molecule has 1 heterocycles. The molecule has 0 saturated carbocycles. The first-order chi connectivity index (χ1) is 8.16. The molecule has 88 valence electrons. The number of H-pyrrole nitrogens is 1. The third-order valence-electron chi connectivity index (χ3n) is 2.30. The summed E-state index contributed by atoms with van der Waals surface area (Å²) in [5.41, 5.74) is 0.636. The lowest BCUT2D eigenvalue weighted by molar-refractivity contribution is 0.0938. The second-order valence-corrected chi connectivity index (χ2v) is 4.82. The van der Waals surface area contributed by atoms with Crippen LogP contribution in [0.25, 0.3) is 0 Å². The molecule has 0 aliphatic carbocycles. The van der Waals surface area contributed by atoms with E-state index in [2.05, 4.69) is 43.1 Å². The van der Waals surface area contributed by atoms with E-state index in [0.29, 0.717) is 11.4 Å². The van der Waals surface area contributed by atoms with Gasteiger partial charge in [-0.25, -0.2) is 4.98 Å². The third-order valence-corrected chi connectivity index (χ3v) is 3.02. The molecule has 5 nitrogen and oxygen atoms in total. The van der Waals surface area contributed by atoms with Gasteiger partial charge in [0.2, 0.25) is 0 Å². The zero-order chi connectivity index (χ0) is 12.3. The summed E-state index contributed by atoms with van der Waals surface area (Å²) in [6.07, 6.45) is 1.42. The van der Waals surface area contributed by atoms with Gasteiger partial charge in [0, 0.05) is 9.13 Å². The molecule has 0 bridgehead atoms. The minimum absolute atomic E-state index is 0.120. The van der Waals surface area contributed by atoms with Crippen LogP contribution in [0.5, 0.6) is 0 Å². The van der Waals surface area contributed by atoms with Gasteiger partial charge in [0.1, 0.15) is 12.2 Å². The van der Waals surface area contributed by atoms with E-state index < -0.39 is 0 Å². The first-order valence-corrected chi connectivity index (χ1v) is 6.16. The third kappa shape index (κ3) is 3.02. The number of amides is 1. The van der Waals surface area contributed by atoms with Gasteiger partial charge in [-0.05, 0) is 53.8 Å². The lowest BCUT2D eigenvalue weighted by atomic mass is 10.2. The van der Waals surface area contributed by atoms with E-state index >= 15 is 0 Å². The Morgan fingerprint density at radius 1 is 1.41 bits per heavy atom. The normalized spacial score (nSPS) is 12.1. The van der Waals surface area contributed by atoms with Crippen LogP contribution in [0.15, 0.2) is 30.6 Å². The second-order valence-electron chi connectivity index (χ2n) is 3.57. The van der Waals surface area contributed by atoms with Crippen LogP contribution in [0.1, 0.15) is 29.1 Å². The molecule has 1 atom stereocenters. The molecule has 0 radical (unpaired) electrons. The van der Waals surface area contributed by atoms with E-state index in [9.17, 15) is 4.79 Å². The molecule has 1 amide bonds. The Hall–Kier alpha value is -1.44. The van der Waals surface area contributed by atoms with Crippen LogP contribution in [0.4, 0.5) is 0 Å². The molecule has 17 heavy (non-hydrogen) atoms. The predicted octanol–water partition coefficient (Wildman–Crippen LogP) is 1.90. The number of benzene rings is 1. The van der Waals surface area contributed by atoms with Gasteiger partial charge >= 0.3 is 0 Å². The highest BCUT2D eigenvalue weighted by Gasteiger charge is 2.12. The van der Waals surface area contributed by atoms with Crippen molar-refractivity contribution >= 4 is 28.5 Å². The maximum absolute atomic E-state index is 11.9. The summed E-state index contributed by atoms with van der Waals surface area (Å²) in [5.74, 6) is 0.522. The number of hydrogen-bond acceptors (Lipinski definition) is 3. The summed E-state index contributed by atoms with van der Waals surface area (Å²) in [7, 11) is 0. The summed E-state index contributed by atoms with van der Waals surface area (Å²) in [6.45, 7) is 1.85. The molecular weight excluding hydrogens is 331 g/mol. The fraction of sp³-hybridized carbons (Fsp3) is 0.182. The molecular formula is C11H11IN4O. The van der Waals surface area contributed by atoms with Crippen molar-refractivity contribution in [2.45, 2.75) is 13.0 Å². The van der Waals surface area contributed by atoms with Crippen LogP contribution in [-0.2, 0) is 0 Å². The van der Waals surface area contributed by atoms with Crippen molar-refractivity contribution in [1.82, 2.24) is 20.5 Å². The van der Waals surface area contributed by atoms with Crippen molar-refractivity contribution < 1.29 is 4.79 Å². The largest absolute Gasteiger partial charge is 0.342 e. The Morgan fingerprint density at radius 3 is 2.71 bits per heavy atom. The van der Waals surface area contributed by atoms with E-state index in [-0.39, 0.29) is 11.9 Å². The van der Waals surface area contributed by atoms with Gasteiger partial charge < -0.3 is 5.32 Å². The molecule has 0 aliphatic heterocycles. The summed E-state index contributed by atoms with van der Waals surface area (Å²) in [5, 5.41) is 9.32. The lowest BCUT2D eigenvalue weighted by Crippen LogP contribution is -2.27. The number of nitrogens with zero attached hydrogens (tertiary/aromatic N) is 2. The summed E-state index contributed by atoms with van der Waals surface area (Å²) < 4.78 is 1.10. The summed E-state index contributed by atoms with van der Waals surface area (Å²) in [6, 6.07) is 7.20. The van der Waals surface area contributed by atoms with Crippen molar-refractivity contribution in [3.63, 3.8) is 0 Å². The van der Waals surface area contributed by atoms with Crippen LogP contribution < -0.4 is 5.32 Å². The molecule has 0 fully saturated rings. The van der Waals surface area contributed by atoms with E-state index in [1.54, 1.807) is 12.1 Å². The van der Waals surface area contributed by atoms with Crippen molar-refractivity contribution in [2.24, 2.45) is 0 Å². The fourth-order valence-electron chi connectivity index (χ4n) is 1.37. The highest BCUT2D eigenvalue weighted by Crippen LogP contribution is 2.09. The molecule has 6 heteroatoms. The lowest BCUT2D eigenvalue weighted by Gasteiger charge is -2.10. The van der Waals surface area contributed by atoms with E-state index in [0.717, 1.165) is 3.57 Å². The Balaban J connectivity index is 2.04. The van der Waals surface area contributed by atoms with Crippen molar-refractivity contribution in [3.05, 3.63) is 45.6 Å². The first kappa shape index (κ1) is 12.0. The van der Waals surface area contributed by atoms with Crippen LogP contribution in [0, 0.1) is 3.57 Å². The maximum atomic E-state index is 11.9. The Bertz CT molecular complexity index is 495. The Morgan fingerprint density at radius 2 is 2.12 bits per heavy atom. The molecule has 0 saturated heterocycles. The molecule has 1 aromatic carbocycles. The van der Waals surface area contributed by atoms with E-state index in [1.807, 2.05) is 19.1 Å². The number of hydrogen-bond donors (Lipinski definition) is 2. The number of halogens is 1. The number of carbonyl (C=O) groups is 1. The standard InChI is InChI=1S/C11H11IN4O/c1-7(10-13-6-14-16-10)15-11(17)8-2-4-9(12)5-3-8/h2-7H,1H3,(H,15,17)(H,13,14,16). The van der Waals surface area contributed by atoms with Crippen LogP contribution in [-0.4, -0.2) is 21.1 Å². The molecule has 1 unspecified atom stereocenters. The quantitative estimate of drug-likeness (QED) is 0.837. The van der Waals surface area contributed by atoms with E-state index in [4.69, 9.17) is 0 Å². The van der Waals surface area contributed by atoms with Crippen LogP contribution in [0.2, 0.25) is 0 Å². The molecule has 0 aliphatic rings. The maximum Gasteiger partial charge on any atom is 0.251 e. The minimum atomic E-state index is -0.190. The molecule has 2 rings (SSSR count). The molecule has 0 spiro atoms. The van der Waals surface area contributed by atoms with E-state index in [1.165, 1.54) is 6.33 Å². The monoisotopic (exact) mass is 342 g/mol. The number of carbonyl (C=O) groups excluding carboxylic acids is 1. The van der Waals surface area contributed by atoms with Gasteiger partial charge in [-0.2, -0.15) is 5.10 Å².